The van der Waals surface area contributed by atoms with Crippen molar-refractivity contribution < 1.29 is 34.8 Å². The van der Waals surface area contributed by atoms with Gasteiger partial charge < -0.3 is 26.2 Å². The Hall–Kier alpha value is -4.46. The summed E-state index contributed by atoms with van der Waals surface area (Å²) >= 11 is 0. The zero-order valence-corrected chi connectivity index (χ0v) is 20.6. The predicted octanol–water partition coefficient (Wildman–Crippen LogP) is 1.50. The zero-order chi connectivity index (χ0) is 27.7. The second-order valence-electron chi connectivity index (χ2n) is 10.1. The molecular formula is C28H25N3O7. The van der Waals surface area contributed by atoms with Crippen LogP contribution in [0.1, 0.15) is 23.1 Å². The van der Waals surface area contributed by atoms with Crippen LogP contribution in [0.3, 0.4) is 0 Å². The van der Waals surface area contributed by atoms with Crippen molar-refractivity contribution in [3.05, 3.63) is 70.0 Å². The smallest absolute Gasteiger partial charge is 0.255 e. The average molecular weight is 516 g/mol. The lowest BCUT2D eigenvalue weighted by Gasteiger charge is -2.50. The number of fused-ring (bicyclic) bond motifs is 3. The van der Waals surface area contributed by atoms with Gasteiger partial charge in [0.1, 0.15) is 22.8 Å². The third-order valence-corrected chi connectivity index (χ3v) is 7.93. The average Bonchev–Trinajstić information content (AvgIpc) is 2.86. The van der Waals surface area contributed by atoms with Crippen molar-refractivity contribution in [2.45, 2.75) is 24.5 Å². The highest BCUT2D eigenvalue weighted by molar-refractivity contribution is 6.24. The second kappa shape index (κ2) is 8.55. The number of Topliss-reactive ketones (excluding diaryl/α,β-unsaturated/α-hetero) is 2. The van der Waals surface area contributed by atoms with Gasteiger partial charge in [0.05, 0.1) is 23.2 Å². The fourth-order valence-corrected chi connectivity index (χ4v) is 6.24. The van der Waals surface area contributed by atoms with E-state index in [-0.39, 0.29) is 29.7 Å². The molecule has 2 aromatic rings. The molecule has 0 aliphatic heterocycles. The van der Waals surface area contributed by atoms with Gasteiger partial charge >= 0.3 is 0 Å². The Labute approximate surface area is 217 Å². The molecule has 10 nitrogen and oxygen atoms in total. The molecule has 0 bridgehead atoms. The van der Waals surface area contributed by atoms with Crippen LogP contribution in [0, 0.1) is 23.2 Å². The van der Waals surface area contributed by atoms with E-state index in [0.29, 0.717) is 16.7 Å². The molecule has 0 spiro atoms. The van der Waals surface area contributed by atoms with Gasteiger partial charge in [-0.3, -0.25) is 19.3 Å². The monoisotopic (exact) mass is 515 g/mol. The number of aliphatic hydroxyl groups is 3. The number of benzene rings is 2. The number of rotatable bonds is 3. The number of hydrogen-bond donors (Lipinski definition) is 5. The van der Waals surface area contributed by atoms with Crippen LogP contribution in [0.4, 0.5) is 0 Å². The van der Waals surface area contributed by atoms with E-state index in [9.17, 15) is 34.8 Å². The fraction of sp³-hybridized carbons (Fsp3) is 0.286. The first kappa shape index (κ1) is 25.2. The molecule has 0 aromatic heterocycles. The van der Waals surface area contributed by atoms with E-state index >= 15 is 0 Å². The molecule has 5 rings (SSSR count). The predicted molar refractivity (Wildman–Crippen MR) is 134 cm³/mol. The van der Waals surface area contributed by atoms with E-state index in [1.165, 1.54) is 11.0 Å². The van der Waals surface area contributed by atoms with Crippen LogP contribution < -0.4 is 5.73 Å². The number of amides is 1. The van der Waals surface area contributed by atoms with E-state index in [1.54, 1.807) is 44.4 Å². The van der Waals surface area contributed by atoms with E-state index in [4.69, 9.17) is 11.0 Å². The van der Waals surface area contributed by atoms with Gasteiger partial charge in [-0.2, -0.15) is 5.26 Å². The van der Waals surface area contributed by atoms with E-state index < -0.39 is 58.0 Å². The van der Waals surface area contributed by atoms with Crippen molar-refractivity contribution in [2.75, 3.05) is 14.1 Å². The topological polar surface area (TPSA) is 185 Å². The number of carbonyl (C=O) groups is 3. The first-order valence-corrected chi connectivity index (χ1v) is 11.9. The van der Waals surface area contributed by atoms with E-state index in [2.05, 4.69) is 6.07 Å². The SMILES string of the molecule is CN(C)[C@@H]1C(=O)C(C(N)=O)=C(O)[C@@]2(O)C(=O)C3=C(O)c4c(O)ccc(-c5ccc(C#N)cc5)c4C[C@H]3C[C@H]12. The van der Waals surface area contributed by atoms with Crippen LogP contribution in [-0.2, 0) is 20.8 Å². The lowest BCUT2D eigenvalue weighted by Crippen LogP contribution is -2.65. The Morgan fingerprint density at radius 3 is 2.34 bits per heavy atom. The number of nitrogens with two attached hydrogens (primary N) is 1. The van der Waals surface area contributed by atoms with Crippen LogP contribution in [0.5, 0.6) is 5.75 Å². The number of likely N-dealkylation sites (N-methyl/N-ethyl adjacent to an activating group) is 1. The van der Waals surface area contributed by atoms with Gasteiger partial charge in [-0.1, -0.05) is 18.2 Å². The number of carbonyl (C=O) groups excluding carboxylic acids is 3. The molecule has 0 unspecified atom stereocenters. The van der Waals surface area contributed by atoms with Crippen molar-refractivity contribution in [1.82, 2.24) is 4.90 Å². The highest BCUT2D eigenvalue weighted by atomic mass is 16.3. The molecule has 1 saturated carbocycles. The normalized spacial score (nSPS) is 26.6. The lowest BCUT2D eigenvalue weighted by molar-refractivity contribution is -0.153. The van der Waals surface area contributed by atoms with Gasteiger partial charge in [0, 0.05) is 11.5 Å². The minimum absolute atomic E-state index is 0.00816. The molecule has 0 saturated heterocycles. The number of nitrogens with zero attached hydrogens (tertiary/aromatic N) is 2. The number of nitriles is 1. The number of aromatic hydroxyl groups is 1. The summed E-state index contributed by atoms with van der Waals surface area (Å²) in [5.74, 6) is -6.90. The highest BCUT2D eigenvalue weighted by Gasteiger charge is 2.64. The molecule has 194 valence electrons. The van der Waals surface area contributed by atoms with Crippen molar-refractivity contribution in [2.24, 2.45) is 17.6 Å². The Morgan fingerprint density at radius 1 is 1.11 bits per heavy atom. The summed E-state index contributed by atoms with van der Waals surface area (Å²) in [5, 5.41) is 53.7. The molecule has 0 heterocycles. The summed E-state index contributed by atoms with van der Waals surface area (Å²) in [6.07, 6.45) is 0.187. The molecule has 0 radical (unpaired) electrons. The Bertz CT molecular complexity index is 1530. The second-order valence-corrected chi connectivity index (χ2v) is 10.1. The highest BCUT2D eigenvalue weighted by Crippen LogP contribution is 2.53. The van der Waals surface area contributed by atoms with Crippen molar-refractivity contribution >= 4 is 23.2 Å². The van der Waals surface area contributed by atoms with Gasteiger partial charge in [0.15, 0.2) is 11.4 Å². The third kappa shape index (κ3) is 3.29. The van der Waals surface area contributed by atoms with E-state index in [0.717, 1.165) is 5.56 Å². The van der Waals surface area contributed by atoms with Gasteiger partial charge in [0.25, 0.3) is 5.91 Å². The Kier molecular flexibility index (Phi) is 5.67. The van der Waals surface area contributed by atoms with Crippen molar-refractivity contribution in [3.63, 3.8) is 0 Å². The summed E-state index contributed by atoms with van der Waals surface area (Å²) in [6.45, 7) is 0. The quantitative estimate of drug-likeness (QED) is 0.378. The first-order valence-electron chi connectivity index (χ1n) is 11.9. The molecule has 4 atom stereocenters. The number of aliphatic hydroxyl groups excluding tert-OH is 2. The lowest BCUT2D eigenvalue weighted by atomic mass is 9.57. The first-order chi connectivity index (χ1) is 17.9. The molecule has 1 amide bonds. The largest absolute Gasteiger partial charge is 0.508 e. The molecule has 10 heteroatoms. The maximum atomic E-state index is 13.9. The van der Waals surface area contributed by atoms with Crippen LogP contribution in [-0.4, -0.2) is 68.5 Å². The summed E-state index contributed by atoms with van der Waals surface area (Å²) < 4.78 is 0. The number of primary amides is 1. The molecule has 6 N–H and O–H groups in total. The number of ketones is 2. The number of hydrogen-bond acceptors (Lipinski definition) is 9. The van der Waals surface area contributed by atoms with Crippen LogP contribution >= 0.6 is 0 Å². The summed E-state index contributed by atoms with van der Waals surface area (Å²) in [5.41, 5.74) is 4.04. The van der Waals surface area contributed by atoms with Gasteiger partial charge in [-0.25, -0.2) is 0 Å². The molecule has 1 fully saturated rings. The number of phenols is 1. The Morgan fingerprint density at radius 2 is 1.76 bits per heavy atom. The molecule has 3 aliphatic rings. The maximum absolute atomic E-state index is 13.9. The Balaban J connectivity index is 1.73. The molecule has 2 aromatic carbocycles. The zero-order valence-electron chi connectivity index (χ0n) is 20.6. The van der Waals surface area contributed by atoms with Gasteiger partial charge in [-0.15, -0.1) is 0 Å². The molecule has 3 aliphatic carbocycles. The summed E-state index contributed by atoms with van der Waals surface area (Å²) in [6, 6.07) is 10.7. The van der Waals surface area contributed by atoms with E-state index in [1.807, 2.05) is 0 Å². The van der Waals surface area contributed by atoms with Crippen molar-refractivity contribution in [3.8, 4) is 22.9 Å². The third-order valence-electron chi connectivity index (χ3n) is 7.93. The standard InChI is InChI=1S/C28H25N3O7/c1-31(2)22-17-10-14-9-16-15(13-5-3-12(11-29)4-6-13)7-8-18(32)20(16)23(33)19(14)25(35)28(17,38)26(36)21(24(22)34)27(30)37/h3-8,14,17,22,32-33,36,38H,9-10H2,1-2H3,(H2,30,37)/t14-,17+,22-,28-/m0/s1. The van der Waals surface area contributed by atoms with Gasteiger partial charge in [0.2, 0.25) is 5.78 Å². The molecular weight excluding hydrogens is 490 g/mol. The maximum Gasteiger partial charge on any atom is 0.255 e. The van der Waals surface area contributed by atoms with Crippen LogP contribution in [0.25, 0.3) is 16.9 Å². The molecule has 38 heavy (non-hydrogen) atoms. The van der Waals surface area contributed by atoms with Crippen molar-refractivity contribution in [1.29, 1.82) is 5.26 Å². The minimum Gasteiger partial charge on any atom is -0.508 e. The summed E-state index contributed by atoms with van der Waals surface area (Å²) in [4.78, 5) is 40.6. The summed E-state index contributed by atoms with van der Waals surface area (Å²) in [7, 11) is 3.10. The van der Waals surface area contributed by atoms with Gasteiger partial charge in [-0.05, 0) is 67.7 Å². The van der Waals surface area contributed by atoms with Crippen LogP contribution in [0.2, 0.25) is 0 Å². The number of phenolic OH excluding ortho intramolecular Hbond substituents is 1. The van der Waals surface area contributed by atoms with Crippen LogP contribution in [0.15, 0.2) is 53.3 Å². The fourth-order valence-electron chi connectivity index (χ4n) is 6.24. The minimum atomic E-state index is -2.68.